The zero-order valence-corrected chi connectivity index (χ0v) is 14.5. The van der Waals surface area contributed by atoms with Gasteiger partial charge < -0.3 is 10.1 Å². The summed E-state index contributed by atoms with van der Waals surface area (Å²) in [6.07, 6.45) is 5.33. The second-order valence-electron chi connectivity index (χ2n) is 6.44. The van der Waals surface area contributed by atoms with Gasteiger partial charge in [-0.15, -0.1) is 6.58 Å². The van der Waals surface area contributed by atoms with Crippen LogP contribution in [0.25, 0.3) is 0 Å². The number of piperidine rings is 1. The van der Waals surface area contributed by atoms with Gasteiger partial charge in [0.05, 0.1) is 16.1 Å². The maximum Gasteiger partial charge on any atom is 0.0686 e. The number of halogens is 2. The number of benzene rings is 1. The van der Waals surface area contributed by atoms with Crippen molar-refractivity contribution in [3.8, 4) is 0 Å². The van der Waals surface area contributed by atoms with Gasteiger partial charge in [-0.1, -0.05) is 35.3 Å². The highest BCUT2D eigenvalue weighted by Crippen LogP contribution is 2.70. The molecule has 3 atom stereocenters. The first-order valence-electron chi connectivity index (χ1n) is 7.98. The Morgan fingerprint density at radius 1 is 1.41 bits per heavy atom. The Hall–Kier alpha value is -0.540. The van der Waals surface area contributed by atoms with Gasteiger partial charge in [0.1, 0.15) is 0 Å². The lowest BCUT2D eigenvalue weighted by atomic mass is 9.77. The minimum Gasteiger partial charge on any atom is -0.378 e. The highest BCUT2D eigenvalue weighted by Gasteiger charge is 2.71. The Labute approximate surface area is 142 Å². The summed E-state index contributed by atoms with van der Waals surface area (Å²) in [6, 6.07) is 6.11. The van der Waals surface area contributed by atoms with E-state index in [1.165, 1.54) is 5.56 Å². The number of ether oxygens (including phenoxy) is 1. The average Bonchev–Trinajstić information content (AvgIpc) is 3.21. The van der Waals surface area contributed by atoms with E-state index < -0.39 is 0 Å². The first kappa shape index (κ1) is 16.3. The fraction of sp³-hybridized carbons (Fsp3) is 0.556. The SMILES string of the molecule is C=CC[C@H](OCC)C12CNCC[C@]1(c1ccc(Cl)c(Cl)c1)C2. The maximum atomic E-state index is 6.27. The van der Waals surface area contributed by atoms with Crippen molar-refractivity contribution in [3.63, 3.8) is 0 Å². The predicted molar refractivity (Wildman–Crippen MR) is 92.9 cm³/mol. The molecule has 0 bridgehead atoms. The minimum absolute atomic E-state index is 0.145. The van der Waals surface area contributed by atoms with Gasteiger partial charge in [-0.2, -0.15) is 0 Å². The second-order valence-corrected chi connectivity index (χ2v) is 7.25. The van der Waals surface area contributed by atoms with Crippen molar-refractivity contribution in [2.45, 2.75) is 37.7 Å². The molecule has 2 aliphatic rings. The van der Waals surface area contributed by atoms with Crippen LogP contribution in [0.3, 0.4) is 0 Å². The number of hydrogen-bond donors (Lipinski definition) is 1. The van der Waals surface area contributed by atoms with E-state index >= 15 is 0 Å². The molecule has 2 fully saturated rings. The molecule has 1 N–H and O–H groups in total. The molecule has 1 saturated carbocycles. The van der Waals surface area contributed by atoms with Crippen molar-refractivity contribution in [2.24, 2.45) is 5.41 Å². The Morgan fingerprint density at radius 2 is 2.23 bits per heavy atom. The van der Waals surface area contributed by atoms with Crippen molar-refractivity contribution < 1.29 is 4.74 Å². The second kappa shape index (κ2) is 6.16. The highest BCUT2D eigenvalue weighted by atomic mass is 35.5. The molecular formula is C18H23Cl2NO. The topological polar surface area (TPSA) is 21.3 Å². The molecule has 1 unspecified atom stereocenters. The predicted octanol–water partition coefficient (Wildman–Crippen LogP) is 4.60. The summed E-state index contributed by atoms with van der Waals surface area (Å²) in [5, 5.41) is 4.82. The van der Waals surface area contributed by atoms with Gasteiger partial charge >= 0.3 is 0 Å². The Balaban J connectivity index is 1.97. The first-order valence-corrected chi connectivity index (χ1v) is 8.74. The summed E-state index contributed by atoms with van der Waals surface area (Å²) in [7, 11) is 0. The van der Waals surface area contributed by atoms with Crippen LogP contribution in [0.15, 0.2) is 30.9 Å². The van der Waals surface area contributed by atoms with Gasteiger partial charge in [0.15, 0.2) is 0 Å². The number of nitrogens with one attached hydrogen (secondary N) is 1. The van der Waals surface area contributed by atoms with Crippen LogP contribution in [0.2, 0.25) is 10.0 Å². The van der Waals surface area contributed by atoms with Crippen LogP contribution in [0.5, 0.6) is 0 Å². The summed E-state index contributed by atoms with van der Waals surface area (Å²) < 4.78 is 6.10. The van der Waals surface area contributed by atoms with Crippen molar-refractivity contribution in [1.29, 1.82) is 0 Å². The minimum atomic E-state index is 0.145. The molecule has 1 aromatic rings. The normalized spacial score (nSPS) is 31.4. The fourth-order valence-electron chi connectivity index (χ4n) is 4.35. The van der Waals surface area contributed by atoms with Gasteiger partial charge in [-0.25, -0.2) is 0 Å². The van der Waals surface area contributed by atoms with E-state index in [4.69, 9.17) is 27.9 Å². The molecule has 1 heterocycles. The lowest BCUT2D eigenvalue weighted by molar-refractivity contribution is -0.00384. The van der Waals surface area contributed by atoms with Crippen molar-refractivity contribution in [3.05, 3.63) is 46.5 Å². The highest BCUT2D eigenvalue weighted by molar-refractivity contribution is 6.42. The van der Waals surface area contributed by atoms with E-state index in [0.29, 0.717) is 10.0 Å². The summed E-state index contributed by atoms with van der Waals surface area (Å²) >= 11 is 12.4. The zero-order valence-electron chi connectivity index (χ0n) is 13.0. The lowest BCUT2D eigenvalue weighted by Gasteiger charge is -2.37. The van der Waals surface area contributed by atoms with Crippen molar-refractivity contribution in [2.75, 3.05) is 19.7 Å². The lowest BCUT2D eigenvalue weighted by Crippen LogP contribution is -2.45. The van der Waals surface area contributed by atoms with Gasteiger partial charge in [0, 0.05) is 24.0 Å². The average molecular weight is 340 g/mol. The molecule has 1 aliphatic carbocycles. The van der Waals surface area contributed by atoms with E-state index in [-0.39, 0.29) is 16.9 Å². The first-order chi connectivity index (χ1) is 10.6. The third kappa shape index (κ3) is 2.41. The molecule has 22 heavy (non-hydrogen) atoms. The van der Waals surface area contributed by atoms with Crippen LogP contribution in [0, 0.1) is 5.41 Å². The molecule has 0 aromatic heterocycles. The largest absolute Gasteiger partial charge is 0.378 e. The molecule has 3 rings (SSSR count). The van der Waals surface area contributed by atoms with Gasteiger partial charge in [-0.05, 0) is 50.4 Å². The third-order valence-corrected chi connectivity index (χ3v) is 6.19. The van der Waals surface area contributed by atoms with Crippen LogP contribution in [-0.4, -0.2) is 25.8 Å². The van der Waals surface area contributed by atoms with Crippen LogP contribution >= 0.6 is 23.2 Å². The Morgan fingerprint density at radius 3 is 2.91 bits per heavy atom. The Kier molecular flexibility index (Phi) is 4.57. The van der Waals surface area contributed by atoms with Gasteiger partial charge in [0.2, 0.25) is 0 Å². The van der Waals surface area contributed by atoms with E-state index in [0.717, 1.165) is 39.0 Å². The fourth-order valence-corrected chi connectivity index (χ4v) is 4.64. The van der Waals surface area contributed by atoms with Crippen LogP contribution in [-0.2, 0) is 10.2 Å². The monoisotopic (exact) mass is 339 g/mol. The standard InChI is InChI=1S/C18H23Cl2NO/c1-3-5-16(22-4-2)18-11-17(18,8-9-21-12-18)13-6-7-14(19)15(20)10-13/h3,6-7,10,16,21H,1,4-5,8-9,11-12H2,2H3/t16-,17+,18?/m0/s1. The maximum absolute atomic E-state index is 6.27. The molecule has 0 radical (unpaired) electrons. The number of rotatable bonds is 6. The quantitative estimate of drug-likeness (QED) is 0.765. The van der Waals surface area contributed by atoms with E-state index in [1.807, 2.05) is 18.2 Å². The van der Waals surface area contributed by atoms with Gasteiger partial charge in [0.25, 0.3) is 0 Å². The summed E-state index contributed by atoms with van der Waals surface area (Å²) in [4.78, 5) is 0. The number of fused-ring (bicyclic) bond motifs is 1. The van der Waals surface area contributed by atoms with Crippen molar-refractivity contribution >= 4 is 23.2 Å². The molecule has 0 amide bonds. The summed E-state index contributed by atoms with van der Waals surface area (Å²) in [5.74, 6) is 0. The Bertz CT molecular complexity index is 576. The third-order valence-electron chi connectivity index (χ3n) is 5.45. The smallest absolute Gasteiger partial charge is 0.0686 e. The summed E-state index contributed by atoms with van der Waals surface area (Å²) in [6.45, 7) is 8.73. The molecule has 4 heteroatoms. The molecule has 1 aliphatic heterocycles. The molecule has 1 aromatic carbocycles. The van der Waals surface area contributed by atoms with Crippen LogP contribution in [0.4, 0.5) is 0 Å². The van der Waals surface area contributed by atoms with E-state index in [1.54, 1.807) is 0 Å². The molecule has 0 spiro atoms. The van der Waals surface area contributed by atoms with E-state index in [2.05, 4.69) is 24.9 Å². The van der Waals surface area contributed by atoms with Gasteiger partial charge in [-0.3, -0.25) is 0 Å². The summed E-state index contributed by atoms with van der Waals surface area (Å²) in [5.41, 5.74) is 1.61. The molecule has 1 saturated heterocycles. The zero-order chi connectivity index (χ0) is 15.8. The molecule has 2 nitrogen and oxygen atoms in total. The van der Waals surface area contributed by atoms with Crippen molar-refractivity contribution in [1.82, 2.24) is 5.32 Å². The van der Waals surface area contributed by atoms with Crippen LogP contribution in [0.1, 0.15) is 31.7 Å². The molecular weight excluding hydrogens is 317 g/mol. The number of hydrogen-bond acceptors (Lipinski definition) is 2. The van der Waals surface area contributed by atoms with E-state index in [9.17, 15) is 0 Å². The molecule has 120 valence electrons. The van der Waals surface area contributed by atoms with Crippen LogP contribution < -0.4 is 5.32 Å².